The fourth-order valence-electron chi connectivity index (χ4n) is 7.01. The number of benzene rings is 1. The Kier molecular flexibility index (Phi) is 6.09. The minimum Gasteiger partial charge on any atom is -0.390 e. The zero-order chi connectivity index (χ0) is 24.1. The van der Waals surface area contributed by atoms with Crippen LogP contribution in [0.5, 0.6) is 0 Å². The maximum Gasteiger partial charge on any atom is 0.246 e. The number of nitrogens with one attached hydrogen (secondary N) is 1. The van der Waals surface area contributed by atoms with Crippen LogP contribution in [-0.4, -0.2) is 59.8 Å². The van der Waals surface area contributed by atoms with E-state index in [4.69, 9.17) is 4.74 Å². The average molecular weight is 467 g/mol. The summed E-state index contributed by atoms with van der Waals surface area (Å²) in [4.78, 5) is 27.9. The van der Waals surface area contributed by atoms with E-state index >= 15 is 0 Å². The predicted molar refractivity (Wildman–Crippen MR) is 131 cm³/mol. The normalized spacial score (nSPS) is 32.9. The van der Waals surface area contributed by atoms with Crippen molar-refractivity contribution >= 4 is 17.9 Å². The van der Waals surface area contributed by atoms with Crippen molar-refractivity contribution in [3.8, 4) is 0 Å². The molecule has 1 saturated heterocycles. The van der Waals surface area contributed by atoms with E-state index in [1.807, 2.05) is 39.0 Å². The Balaban J connectivity index is 1.29. The Morgan fingerprint density at radius 1 is 1.12 bits per heavy atom. The first-order valence-corrected chi connectivity index (χ1v) is 12.8. The quantitative estimate of drug-likeness (QED) is 0.654. The molecule has 2 N–H and O–H groups in total. The number of nitrogens with zero attached hydrogens (tertiary/aromatic N) is 1. The van der Waals surface area contributed by atoms with Gasteiger partial charge in [0.05, 0.1) is 24.2 Å². The molecule has 2 amide bonds. The molecular formula is C28H38N2O4. The second kappa shape index (κ2) is 8.80. The number of amides is 2. The largest absolute Gasteiger partial charge is 0.390 e. The summed E-state index contributed by atoms with van der Waals surface area (Å²) < 4.78 is 5.33. The number of carbonyl (C=O) groups excluding carboxylic acids is 2. The van der Waals surface area contributed by atoms with Crippen LogP contribution in [0.4, 0.5) is 0 Å². The molecule has 4 aliphatic carbocycles. The minimum atomic E-state index is -0.700. The molecule has 6 rings (SSSR count). The fourth-order valence-corrected chi connectivity index (χ4v) is 7.01. The molecule has 0 spiro atoms. The lowest BCUT2D eigenvalue weighted by Crippen LogP contribution is -2.62. The second-order valence-corrected chi connectivity index (χ2v) is 11.7. The van der Waals surface area contributed by atoms with Crippen LogP contribution in [0, 0.1) is 24.7 Å². The standard InChI is InChI=1S/C28H38N2O4/c1-18-10-19(4-5-24(31)30-6-8-34-9-7-30)14-23(11-18)27(2,3)26(32)29-25-21-12-20-13-22(25)17-28(33,15-20)16-21/h4-5,10-11,14,20-22,25,33H,6-9,12-13,15-17H2,1-3H3,(H,29,32)/t20?,21-,22+,25?,28?. The van der Waals surface area contributed by atoms with Crippen molar-refractivity contribution in [1.82, 2.24) is 10.2 Å². The molecular weight excluding hydrogens is 428 g/mol. The smallest absolute Gasteiger partial charge is 0.246 e. The van der Waals surface area contributed by atoms with Crippen LogP contribution < -0.4 is 5.32 Å². The highest BCUT2D eigenvalue weighted by Crippen LogP contribution is 2.55. The van der Waals surface area contributed by atoms with Gasteiger partial charge in [-0.15, -0.1) is 0 Å². The number of hydrogen-bond donors (Lipinski definition) is 2. The van der Waals surface area contributed by atoms with Crippen molar-refractivity contribution in [3.05, 3.63) is 41.0 Å². The highest BCUT2D eigenvalue weighted by Gasteiger charge is 2.55. The molecule has 6 heteroatoms. The Bertz CT molecular complexity index is 978. The first-order chi connectivity index (χ1) is 16.1. The maximum atomic E-state index is 13.6. The summed E-state index contributed by atoms with van der Waals surface area (Å²) in [6, 6.07) is 6.30. The maximum absolute atomic E-state index is 13.6. The number of rotatable bonds is 5. The monoisotopic (exact) mass is 466 g/mol. The average Bonchev–Trinajstić information content (AvgIpc) is 2.78. The van der Waals surface area contributed by atoms with Gasteiger partial charge in [0.25, 0.3) is 0 Å². The van der Waals surface area contributed by atoms with E-state index in [1.54, 1.807) is 11.0 Å². The third kappa shape index (κ3) is 4.55. The summed E-state index contributed by atoms with van der Waals surface area (Å²) in [5.74, 6) is 1.43. The number of carbonyl (C=O) groups is 2. The molecule has 1 aromatic rings. The summed E-state index contributed by atoms with van der Waals surface area (Å²) in [5.41, 5.74) is 1.74. The summed E-state index contributed by atoms with van der Waals surface area (Å²) in [5, 5.41) is 14.3. The van der Waals surface area contributed by atoms with Gasteiger partial charge in [0, 0.05) is 25.2 Å². The van der Waals surface area contributed by atoms with Gasteiger partial charge in [0.15, 0.2) is 0 Å². The van der Waals surface area contributed by atoms with E-state index in [1.165, 1.54) is 0 Å². The van der Waals surface area contributed by atoms with Crippen molar-refractivity contribution in [2.24, 2.45) is 17.8 Å². The molecule has 1 heterocycles. The first-order valence-electron chi connectivity index (χ1n) is 12.8. The number of morpholine rings is 1. The zero-order valence-corrected chi connectivity index (χ0v) is 20.7. The molecule has 5 fully saturated rings. The number of aryl methyl sites for hydroxylation is 1. The van der Waals surface area contributed by atoms with E-state index in [0.29, 0.717) is 44.1 Å². The van der Waals surface area contributed by atoms with Crippen LogP contribution in [0.15, 0.2) is 24.3 Å². The van der Waals surface area contributed by atoms with Crippen LogP contribution in [0.25, 0.3) is 6.08 Å². The molecule has 3 unspecified atom stereocenters. The van der Waals surface area contributed by atoms with E-state index in [9.17, 15) is 14.7 Å². The molecule has 0 aromatic heterocycles. The summed E-state index contributed by atoms with van der Waals surface area (Å²) in [6.07, 6.45) is 8.31. The lowest BCUT2D eigenvalue weighted by Gasteiger charge is -2.58. The van der Waals surface area contributed by atoms with Crippen molar-refractivity contribution in [3.63, 3.8) is 0 Å². The number of aliphatic hydroxyl groups is 1. The third-order valence-corrected chi connectivity index (χ3v) is 8.67. The molecule has 184 valence electrons. The minimum absolute atomic E-state index is 0.00750. The number of hydrogen-bond acceptors (Lipinski definition) is 4. The fraction of sp³-hybridized carbons (Fsp3) is 0.643. The van der Waals surface area contributed by atoms with Gasteiger partial charge in [-0.1, -0.05) is 23.8 Å². The Labute approximate surface area is 202 Å². The Morgan fingerprint density at radius 2 is 1.79 bits per heavy atom. The number of ether oxygens (including phenoxy) is 1. The Hall–Kier alpha value is -2.18. The van der Waals surface area contributed by atoms with E-state index in [0.717, 1.165) is 48.8 Å². The SMILES string of the molecule is Cc1cc(C=CC(=O)N2CCOCC2)cc(C(C)(C)C(=O)NC2[C@@H]3CC4C[C@H]2CC(O)(C4)C3)c1. The van der Waals surface area contributed by atoms with E-state index in [2.05, 4.69) is 11.4 Å². The highest BCUT2D eigenvalue weighted by atomic mass is 16.5. The van der Waals surface area contributed by atoms with Gasteiger partial charge >= 0.3 is 0 Å². The van der Waals surface area contributed by atoms with Gasteiger partial charge < -0.3 is 20.1 Å². The van der Waals surface area contributed by atoms with Gasteiger partial charge in [-0.3, -0.25) is 9.59 Å². The van der Waals surface area contributed by atoms with Crippen molar-refractivity contribution in [2.75, 3.05) is 26.3 Å². The van der Waals surface area contributed by atoms with Crippen LogP contribution >= 0.6 is 0 Å². The highest BCUT2D eigenvalue weighted by molar-refractivity contribution is 5.92. The van der Waals surface area contributed by atoms with Crippen molar-refractivity contribution < 1.29 is 19.4 Å². The van der Waals surface area contributed by atoms with E-state index in [-0.39, 0.29) is 17.9 Å². The lowest BCUT2D eigenvalue weighted by molar-refractivity contribution is -0.148. The second-order valence-electron chi connectivity index (χ2n) is 11.7. The first kappa shape index (κ1) is 23.6. The zero-order valence-electron chi connectivity index (χ0n) is 20.7. The Morgan fingerprint density at radius 3 is 2.44 bits per heavy atom. The molecule has 1 aromatic carbocycles. The van der Waals surface area contributed by atoms with E-state index < -0.39 is 11.0 Å². The van der Waals surface area contributed by atoms with Crippen molar-refractivity contribution in [1.29, 1.82) is 0 Å². The lowest BCUT2D eigenvalue weighted by atomic mass is 9.52. The summed E-state index contributed by atoms with van der Waals surface area (Å²) in [7, 11) is 0. The van der Waals surface area contributed by atoms with Gasteiger partial charge in [0.2, 0.25) is 11.8 Å². The summed E-state index contributed by atoms with van der Waals surface area (Å²) >= 11 is 0. The summed E-state index contributed by atoms with van der Waals surface area (Å²) in [6.45, 7) is 8.39. The van der Waals surface area contributed by atoms with Gasteiger partial charge in [-0.25, -0.2) is 0 Å². The van der Waals surface area contributed by atoms with Gasteiger partial charge in [-0.05, 0) is 87.8 Å². The van der Waals surface area contributed by atoms with Crippen LogP contribution in [-0.2, 0) is 19.7 Å². The molecule has 5 aliphatic rings. The molecule has 1 aliphatic heterocycles. The van der Waals surface area contributed by atoms with Crippen molar-refractivity contribution in [2.45, 2.75) is 69.9 Å². The van der Waals surface area contributed by atoms with Crippen LogP contribution in [0.1, 0.15) is 62.6 Å². The van der Waals surface area contributed by atoms with Gasteiger partial charge in [0.1, 0.15) is 0 Å². The van der Waals surface area contributed by atoms with Crippen LogP contribution in [0.2, 0.25) is 0 Å². The van der Waals surface area contributed by atoms with Gasteiger partial charge in [-0.2, -0.15) is 0 Å². The molecule has 4 bridgehead atoms. The topological polar surface area (TPSA) is 78.9 Å². The molecule has 4 saturated carbocycles. The predicted octanol–water partition coefficient (Wildman–Crippen LogP) is 3.20. The molecule has 6 nitrogen and oxygen atoms in total. The molecule has 0 radical (unpaired) electrons. The molecule has 34 heavy (non-hydrogen) atoms. The third-order valence-electron chi connectivity index (χ3n) is 8.67. The van der Waals surface area contributed by atoms with Crippen LogP contribution in [0.3, 0.4) is 0 Å². The molecule has 5 atom stereocenters.